The first-order chi connectivity index (χ1) is 14.0. The molecule has 0 saturated heterocycles. The van der Waals surface area contributed by atoms with Gasteiger partial charge in [-0.05, 0) is 39.0 Å². The van der Waals surface area contributed by atoms with Crippen molar-refractivity contribution >= 4 is 17.7 Å². The molecule has 6 nitrogen and oxygen atoms in total. The van der Waals surface area contributed by atoms with E-state index < -0.39 is 0 Å². The summed E-state index contributed by atoms with van der Waals surface area (Å²) in [5, 5.41) is 9.47. The van der Waals surface area contributed by atoms with Crippen LogP contribution in [0, 0.1) is 6.92 Å². The van der Waals surface area contributed by atoms with Crippen molar-refractivity contribution in [3.05, 3.63) is 66.1 Å². The second kappa shape index (κ2) is 9.60. The highest BCUT2D eigenvalue weighted by atomic mass is 32.2. The number of likely N-dealkylation sites (N-methyl/N-ethyl adjacent to an activating group) is 1. The molecule has 0 bridgehead atoms. The number of hydrogen-bond acceptors (Lipinski definition) is 5. The highest BCUT2D eigenvalue weighted by Crippen LogP contribution is 2.26. The van der Waals surface area contributed by atoms with Gasteiger partial charge in [0.2, 0.25) is 5.91 Å². The van der Waals surface area contributed by atoms with E-state index in [9.17, 15) is 4.79 Å². The monoisotopic (exact) mass is 410 g/mol. The quantitative estimate of drug-likeness (QED) is 0.386. The Kier molecular flexibility index (Phi) is 6.93. The van der Waals surface area contributed by atoms with Crippen LogP contribution in [0.5, 0.6) is 0 Å². The molecule has 152 valence electrons. The van der Waals surface area contributed by atoms with Crippen LogP contribution in [0.2, 0.25) is 0 Å². The van der Waals surface area contributed by atoms with E-state index >= 15 is 0 Å². The average molecular weight is 411 g/mol. The zero-order chi connectivity index (χ0) is 20.8. The van der Waals surface area contributed by atoms with Crippen molar-refractivity contribution in [1.29, 1.82) is 0 Å². The number of aryl methyl sites for hydroxylation is 1. The van der Waals surface area contributed by atoms with E-state index in [0.717, 1.165) is 28.3 Å². The Morgan fingerprint density at radius 1 is 1.28 bits per heavy atom. The van der Waals surface area contributed by atoms with Gasteiger partial charge in [0, 0.05) is 18.7 Å². The molecule has 0 aliphatic carbocycles. The summed E-state index contributed by atoms with van der Waals surface area (Å²) in [5.74, 6) is 1.93. The van der Waals surface area contributed by atoms with Gasteiger partial charge in [-0.15, -0.1) is 10.2 Å². The normalized spacial score (nSPS) is 10.9. The van der Waals surface area contributed by atoms with Crippen LogP contribution in [0.15, 0.2) is 64.4 Å². The molecule has 2 heterocycles. The maximum Gasteiger partial charge on any atom is 0.233 e. The lowest BCUT2D eigenvalue weighted by Crippen LogP contribution is -2.33. The van der Waals surface area contributed by atoms with Crippen LogP contribution in [0.1, 0.15) is 25.2 Å². The molecule has 0 aliphatic heterocycles. The van der Waals surface area contributed by atoms with Gasteiger partial charge < -0.3 is 9.32 Å². The molecule has 3 aromatic rings. The Morgan fingerprint density at radius 3 is 2.76 bits per heavy atom. The Morgan fingerprint density at radius 2 is 2.10 bits per heavy atom. The van der Waals surface area contributed by atoms with E-state index in [1.807, 2.05) is 55.7 Å². The molecular formula is C22H26N4O2S. The van der Waals surface area contributed by atoms with Gasteiger partial charge in [0.25, 0.3) is 0 Å². The molecule has 7 heteroatoms. The third kappa shape index (κ3) is 5.38. The summed E-state index contributed by atoms with van der Waals surface area (Å²) in [5.41, 5.74) is 3.10. The van der Waals surface area contributed by atoms with E-state index in [1.165, 1.54) is 11.8 Å². The van der Waals surface area contributed by atoms with Crippen LogP contribution in [0.4, 0.5) is 0 Å². The summed E-state index contributed by atoms with van der Waals surface area (Å²) in [7, 11) is 0. The van der Waals surface area contributed by atoms with Crippen molar-refractivity contribution in [2.75, 3.05) is 18.8 Å². The maximum atomic E-state index is 12.6. The third-order valence-corrected chi connectivity index (χ3v) is 5.36. The fourth-order valence-electron chi connectivity index (χ4n) is 3.01. The number of benzene rings is 1. The van der Waals surface area contributed by atoms with Crippen molar-refractivity contribution in [1.82, 2.24) is 19.7 Å². The van der Waals surface area contributed by atoms with Crippen molar-refractivity contribution in [2.45, 2.75) is 32.5 Å². The number of rotatable bonds is 9. The molecule has 1 aromatic carbocycles. The maximum absolute atomic E-state index is 12.6. The van der Waals surface area contributed by atoms with Gasteiger partial charge in [-0.3, -0.25) is 9.36 Å². The summed E-state index contributed by atoms with van der Waals surface area (Å²) < 4.78 is 7.53. The molecule has 0 fully saturated rings. The van der Waals surface area contributed by atoms with Crippen molar-refractivity contribution in [3.8, 4) is 11.4 Å². The van der Waals surface area contributed by atoms with Gasteiger partial charge in [-0.25, -0.2) is 0 Å². The Hall–Kier alpha value is -2.80. The molecule has 0 atom stereocenters. The minimum absolute atomic E-state index is 0.0603. The van der Waals surface area contributed by atoms with Crippen LogP contribution >= 0.6 is 11.8 Å². The van der Waals surface area contributed by atoms with E-state index in [1.54, 1.807) is 11.2 Å². The van der Waals surface area contributed by atoms with E-state index in [0.29, 0.717) is 30.5 Å². The van der Waals surface area contributed by atoms with E-state index in [2.05, 4.69) is 22.8 Å². The minimum atomic E-state index is 0.0603. The largest absolute Gasteiger partial charge is 0.467 e. The van der Waals surface area contributed by atoms with Gasteiger partial charge in [0.15, 0.2) is 11.0 Å². The van der Waals surface area contributed by atoms with Gasteiger partial charge in [-0.1, -0.05) is 47.7 Å². The Bertz CT molecular complexity index is 979. The fourth-order valence-corrected chi connectivity index (χ4v) is 3.85. The zero-order valence-corrected chi connectivity index (χ0v) is 17.9. The van der Waals surface area contributed by atoms with Crippen LogP contribution in [-0.2, 0) is 11.3 Å². The molecule has 0 saturated carbocycles. The van der Waals surface area contributed by atoms with Crippen molar-refractivity contribution in [3.63, 3.8) is 0 Å². The highest BCUT2D eigenvalue weighted by molar-refractivity contribution is 7.99. The number of hydrogen-bond donors (Lipinski definition) is 0. The van der Waals surface area contributed by atoms with Crippen molar-refractivity contribution < 1.29 is 9.21 Å². The summed E-state index contributed by atoms with van der Waals surface area (Å²) in [6.07, 6.45) is 1.65. The number of aromatic nitrogens is 3. The second-order valence-electron chi connectivity index (χ2n) is 6.99. The number of carbonyl (C=O) groups is 1. The van der Waals surface area contributed by atoms with Gasteiger partial charge >= 0.3 is 0 Å². The van der Waals surface area contributed by atoms with Gasteiger partial charge in [-0.2, -0.15) is 0 Å². The first-order valence-electron chi connectivity index (χ1n) is 9.55. The number of amides is 1. The number of thioether (sulfide) groups is 1. The highest BCUT2D eigenvalue weighted by Gasteiger charge is 2.19. The summed E-state index contributed by atoms with van der Waals surface area (Å²) in [4.78, 5) is 14.4. The molecular weight excluding hydrogens is 384 g/mol. The Labute approximate surface area is 175 Å². The molecule has 29 heavy (non-hydrogen) atoms. The minimum Gasteiger partial charge on any atom is -0.467 e. The lowest BCUT2D eigenvalue weighted by Gasteiger charge is -2.20. The number of furan rings is 1. The van der Waals surface area contributed by atoms with E-state index in [-0.39, 0.29) is 5.91 Å². The van der Waals surface area contributed by atoms with Crippen molar-refractivity contribution in [2.24, 2.45) is 0 Å². The fraction of sp³-hybridized carbons (Fsp3) is 0.318. The number of nitrogens with zero attached hydrogens (tertiary/aromatic N) is 4. The molecule has 0 spiro atoms. The Balaban J connectivity index is 1.84. The molecule has 0 unspecified atom stereocenters. The second-order valence-corrected chi connectivity index (χ2v) is 7.94. The SMILES string of the molecule is C=C(C)CN(CC)C(=O)CSc1nnc(-c2cccc(C)c2)n1Cc1ccco1. The van der Waals surface area contributed by atoms with Crippen LogP contribution < -0.4 is 0 Å². The first-order valence-corrected chi connectivity index (χ1v) is 10.5. The molecule has 0 aliphatic rings. The van der Waals surface area contributed by atoms with Gasteiger partial charge in [0.1, 0.15) is 5.76 Å². The number of carbonyl (C=O) groups excluding carboxylic acids is 1. The summed E-state index contributed by atoms with van der Waals surface area (Å²) in [6, 6.07) is 11.9. The molecule has 2 aromatic heterocycles. The standard InChI is InChI=1S/C22H26N4O2S/c1-5-25(13-16(2)3)20(27)15-29-22-24-23-21(18-9-6-8-17(4)12-18)26(22)14-19-10-7-11-28-19/h6-12H,2,5,13-15H2,1,3-4H3. The summed E-state index contributed by atoms with van der Waals surface area (Å²) >= 11 is 1.39. The van der Waals surface area contributed by atoms with Crippen LogP contribution in [-0.4, -0.2) is 44.4 Å². The summed E-state index contributed by atoms with van der Waals surface area (Å²) in [6.45, 7) is 11.6. The third-order valence-electron chi connectivity index (χ3n) is 4.41. The van der Waals surface area contributed by atoms with Crippen LogP contribution in [0.25, 0.3) is 11.4 Å². The smallest absolute Gasteiger partial charge is 0.233 e. The molecule has 0 N–H and O–H groups in total. The van der Waals surface area contributed by atoms with Crippen LogP contribution in [0.3, 0.4) is 0 Å². The predicted molar refractivity (Wildman–Crippen MR) is 116 cm³/mol. The lowest BCUT2D eigenvalue weighted by atomic mass is 10.1. The molecule has 1 amide bonds. The first kappa shape index (κ1) is 20.9. The average Bonchev–Trinajstić information content (AvgIpc) is 3.34. The zero-order valence-electron chi connectivity index (χ0n) is 17.1. The lowest BCUT2D eigenvalue weighted by molar-refractivity contribution is -0.127. The van der Waals surface area contributed by atoms with E-state index in [4.69, 9.17) is 4.42 Å². The predicted octanol–water partition coefficient (Wildman–Crippen LogP) is 4.41. The van der Waals surface area contributed by atoms with Gasteiger partial charge in [0.05, 0.1) is 18.6 Å². The topological polar surface area (TPSA) is 64.2 Å². The molecule has 3 rings (SSSR count). The molecule has 0 radical (unpaired) electrons.